The molecule has 1 heterocycles. The predicted molar refractivity (Wildman–Crippen MR) is 91.1 cm³/mol. The zero-order chi connectivity index (χ0) is 19.7. The van der Waals surface area contributed by atoms with Gasteiger partial charge < -0.3 is 24.6 Å². The van der Waals surface area contributed by atoms with Crippen molar-refractivity contribution in [2.75, 3.05) is 40.4 Å². The van der Waals surface area contributed by atoms with Crippen molar-refractivity contribution in [1.82, 2.24) is 9.62 Å². The monoisotopic (exact) mass is 390 g/mol. The van der Waals surface area contributed by atoms with Gasteiger partial charge in [0.05, 0.1) is 4.90 Å². The highest BCUT2D eigenvalue weighted by Crippen LogP contribution is 2.32. The van der Waals surface area contributed by atoms with Crippen LogP contribution in [0.15, 0.2) is 23.1 Å². The van der Waals surface area contributed by atoms with Crippen molar-refractivity contribution in [1.29, 1.82) is 0 Å². The van der Waals surface area contributed by atoms with Crippen LogP contribution < -0.4 is 14.2 Å². The van der Waals surface area contributed by atoms with E-state index < -0.39 is 22.0 Å². The third kappa shape index (κ3) is 7.25. The average Bonchev–Trinajstić information content (AvgIpc) is 2.58. The van der Waals surface area contributed by atoms with Gasteiger partial charge in [-0.15, -0.1) is 0 Å². The molecule has 0 saturated heterocycles. The number of benzene rings is 1. The smallest absolute Gasteiger partial charge is 0.414 e. The van der Waals surface area contributed by atoms with Crippen molar-refractivity contribution in [2.24, 2.45) is 0 Å². The number of fused-ring (bicyclic) bond motifs is 1. The van der Waals surface area contributed by atoms with Gasteiger partial charge >= 0.3 is 11.9 Å². The first-order valence-corrected chi connectivity index (χ1v) is 9.12. The van der Waals surface area contributed by atoms with E-state index in [4.69, 9.17) is 29.3 Å². The Hall–Kier alpha value is -2.37. The fraction of sp³-hybridized carbons (Fsp3) is 0.467. The molecule has 0 radical (unpaired) electrons. The summed E-state index contributed by atoms with van der Waals surface area (Å²) in [6, 6.07) is 4.66. The normalized spacial score (nSPS) is 12.9. The van der Waals surface area contributed by atoms with Crippen LogP contribution in [0.5, 0.6) is 11.5 Å². The number of aliphatic carboxylic acids is 2. The van der Waals surface area contributed by atoms with Crippen LogP contribution in [0.2, 0.25) is 0 Å². The van der Waals surface area contributed by atoms with Crippen LogP contribution in [-0.4, -0.2) is 75.9 Å². The van der Waals surface area contributed by atoms with E-state index in [0.29, 0.717) is 31.3 Å². The lowest BCUT2D eigenvalue weighted by molar-refractivity contribution is -0.159. The van der Waals surface area contributed by atoms with E-state index in [1.54, 1.807) is 6.07 Å². The van der Waals surface area contributed by atoms with Crippen molar-refractivity contribution in [3.05, 3.63) is 18.2 Å². The van der Waals surface area contributed by atoms with Gasteiger partial charge in [0.25, 0.3) is 0 Å². The predicted octanol–water partition coefficient (Wildman–Crippen LogP) is -0.157. The first-order valence-electron chi connectivity index (χ1n) is 7.63. The lowest BCUT2D eigenvalue weighted by atomic mass is 10.3. The largest absolute Gasteiger partial charge is 0.486 e. The Balaban J connectivity index is 0.000000487. The molecule has 0 spiro atoms. The summed E-state index contributed by atoms with van der Waals surface area (Å²) < 4.78 is 37.6. The van der Waals surface area contributed by atoms with Crippen LogP contribution in [0.4, 0.5) is 0 Å². The summed E-state index contributed by atoms with van der Waals surface area (Å²) in [6.07, 6.45) is 0.761. The van der Waals surface area contributed by atoms with E-state index in [0.717, 1.165) is 13.0 Å². The maximum absolute atomic E-state index is 12.1. The van der Waals surface area contributed by atoms with Gasteiger partial charge in [0.2, 0.25) is 10.0 Å². The van der Waals surface area contributed by atoms with E-state index >= 15 is 0 Å². The summed E-state index contributed by atoms with van der Waals surface area (Å²) in [5.41, 5.74) is 0. The van der Waals surface area contributed by atoms with E-state index in [2.05, 4.69) is 4.72 Å². The van der Waals surface area contributed by atoms with Crippen molar-refractivity contribution in [3.63, 3.8) is 0 Å². The first kappa shape index (κ1) is 21.7. The van der Waals surface area contributed by atoms with Crippen LogP contribution >= 0.6 is 0 Å². The minimum atomic E-state index is -3.50. The molecule has 1 aromatic rings. The van der Waals surface area contributed by atoms with Crippen LogP contribution in [0.25, 0.3) is 0 Å². The Morgan fingerprint density at radius 1 is 1.12 bits per heavy atom. The molecule has 0 saturated carbocycles. The Kier molecular flexibility index (Phi) is 8.29. The van der Waals surface area contributed by atoms with Gasteiger partial charge in [-0.2, -0.15) is 0 Å². The third-order valence-electron chi connectivity index (χ3n) is 3.08. The lowest BCUT2D eigenvalue weighted by Gasteiger charge is -2.19. The standard InChI is InChI=1S/C13H20N2O4S.C2H2O4/c1-15(2)7-3-6-14-20(16,17)11-4-5-12-13(10-11)19-9-8-18-12;3-1(4)2(5)6/h4-5,10,14H,3,6-9H2,1-2H3;(H,3,4)(H,5,6). The van der Waals surface area contributed by atoms with Gasteiger partial charge in [0.15, 0.2) is 11.5 Å². The van der Waals surface area contributed by atoms with Crippen molar-refractivity contribution in [3.8, 4) is 11.5 Å². The molecular weight excluding hydrogens is 368 g/mol. The van der Waals surface area contributed by atoms with Gasteiger partial charge in [-0.25, -0.2) is 22.7 Å². The minimum absolute atomic E-state index is 0.201. The topological polar surface area (TPSA) is 142 Å². The fourth-order valence-electron chi connectivity index (χ4n) is 1.88. The van der Waals surface area contributed by atoms with Crippen LogP contribution in [0.3, 0.4) is 0 Å². The molecule has 0 atom stereocenters. The van der Waals surface area contributed by atoms with Crippen LogP contribution in [0.1, 0.15) is 6.42 Å². The van der Waals surface area contributed by atoms with Crippen LogP contribution in [0, 0.1) is 0 Å². The van der Waals surface area contributed by atoms with Gasteiger partial charge in [0, 0.05) is 12.6 Å². The number of nitrogens with one attached hydrogen (secondary N) is 1. The molecule has 26 heavy (non-hydrogen) atoms. The molecule has 0 aliphatic carbocycles. The van der Waals surface area contributed by atoms with E-state index in [-0.39, 0.29) is 4.90 Å². The second kappa shape index (κ2) is 9.94. The van der Waals surface area contributed by atoms with Gasteiger partial charge in [-0.1, -0.05) is 0 Å². The summed E-state index contributed by atoms with van der Waals surface area (Å²) in [6.45, 7) is 2.17. The molecule has 0 amide bonds. The molecule has 11 heteroatoms. The Morgan fingerprint density at radius 3 is 2.23 bits per heavy atom. The molecule has 2 rings (SSSR count). The number of carboxylic acid groups (broad SMARTS) is 2. The third-order valence-corrected chi connectivity index (χ3v) is 4.54. The molecule has 146 valence electrons. The Morgan fingerprint density at radius 2 is 1.69 bits per heavy atom. The van der Waals surface area contributed by atoms with Gasteiger partial charge in [-0.3, -0.25) is 0 Å². The number of sulfonamides is 1. The summed E-state index contributed by atoms with van der Waals surface area (Å²) in [7, 11) is 0.412. The molecule has 1 aromatic carbocycles. The SMILES string of the molecule is CN(C)CCCNS(=O)(=O)c1ccc2c(c1)OCCO2.O=C(O)C(=O)O. The number of nitrogens with zero attached hydrogens (tertiary/aromatic N) is 1. The van der Waals surface area contributed by atoms with Crippen molar-refractivity contribution < 1.29 is 37.7 Å². The first-order chi connectivity index (χ1) is 12.1. The summed E-state index contributed by atoms with van der Waals surface area (Å²) in [5.74, 6) is -2.58. The quantitative estimate of drug-likeness (QED) is 0.446. The number of ether oxygens (including phenoxy) is 2. The molecule has 10 nitrogen and oxygen atoms in total. The molecular formula is C15H22N2O8S. The molecule has 0 fully saturated rings. The number of rotatable bonds is 6. The molecule has 0 aromatic heterocycles. The minimum Gasteiger partial charge on any atom is -0.486 e. The molecule has 0 unspecified atom stereocenters. The fourth-order valence-corrected chi connectivity index (χ4v) is 2.97. The van der Waals surface area contributed by atoms with Crippen molar-refractivity contribution in [2.45, 2.75) is 11.3 Å². The summed E-state index contributed by atoms with van der Waals surface area (Å²) in [4.78, 5) is 20.4. The Labute approximate surface area is 151 Å². The summed E-state index contributed by atoms with van der Waals surface area (Å²) in [5, 5.41) is 14.8. The zero-order valence-electron chi connectivity index (χ0n) is 14.5. The highest BCUT2D eigenvalue weighted by Gasteiger charge is 2.18. The number of carboxylic acids is 2. The van der Waals surface area contributed by atoms with Crippen LogP contribution in [-0.2, 0) is 19.6 Å². The molecule has 1 aliphatic rings. The number of carbonyl (C=O) groups is 2. The maximum atomic E-state index is 12.1. The van der Waals surface area contributed by atoms with Crippen molar-refractivity contribution >= 4 is 22.0 Å². The van der Waals surface area contributed by atoms with E-state index in [1.807, 2.05) is 19.0 Å². The average molecular weight is 390 g/mol. The number of hydrogen-bond acceptors (Lipinski definition) is 7. The second-order valence-corrected chi connectivity index (χ2v) is 7.24. The second-order valence-electron chi connectivity index (χ2n) is 5.47. The lowest BCUT2D eigenvalue weighted by Crippen LogP contribution is -2.27. The van der Waals surface area contributed by atoms with E-state index in [1.165, 1.54) is 12.1 Å². The number of hydrogen-bond donors (Lipinski definition) is 3. The van der Waals surface area contributed by atoms with Gasteiger partial charge in [0.1, 0.15) is 13.2 Å². The zero-order valence-corrected chi connectivity index (χ0v) is 15.3. The highest BCUT2D eigenvalue weighted by atomic mass is 32.2. The Bertz CT molecular complexity index is 721. The maximum Gasteiger partial charge on any atom is 0.414 e. The molecule has 0 bridgehead atoms. The summed E-state index contributed by atoms with van der Waals surface area (Å²) >= 11 is 0. The van der Waals surface area contributed by atoms with Gasteiger partial charge in [-0.05, 0) is 39.2 Å². The highest BCUT2D eigenvalue weighted by molar-refractivity contribution is 7.89. The molecule has 1 aliphatic heterocycles. The molecule has 3 N–H and O–H groups in total. The van der Waals surface area contributed by atoms with E-state index in [9.17, 15) is 8.42 Å².